The average Bonchev–Trinajstić information content (AvgIpc) is 2.19. The van der Waals surface area contributed by atoms with Crippen LogP contribution in [0.5, 0.6) is 0 Å². The highest BCUT2D eigenvalue weighted by Gasteiger charge is 2.20. The van der Waals surface area contributed by atoms with Crippen molar-refractivity contribution in [2.75, 3.05) is 6.54 Å². The molecule has 4 nitrogen and oxygen atoms in total. The summed E-state index contributed by atoms with van der Waals surface area (Å²) >= 11 is 3.03. The Hall–Kier alpha value is -0.560. The van der Waals surface area contributed by atoms with E-state index in [2.05, 4.69) is 20.9 Å². The fourth-order valence-electron chi connectivity index (χ4n) is 0.990. The molecular weight excluding hydrogens is 255 g/mol. The van der Waals surface area contributed by atoms with Crippen LogP contribution < -0.4 is 5.73 Å². The van der Waals surface area contributed by atoms with Gasteiger partial charge in [-0.2, -0.15) is 0 Å². The van der Waals surface area contributed by atoms with Gasteiger partial charge in [0.15, 0.2) is 0 Å². The minimum Gasteiger partial charge on any atom is -0.389 e. The molecule has 0 bridgehead atoms. The third-order valence-corrected chi connectivity index (χ3v) is 2.21. The maximum absolute atomic E-state index is 13.1. The number of aliphatic hydroxyl groups excluding tert-OH is 2. The van der Waals surface area contributed by atoms with E-state index in [9.17, 15) is 14.6 Å². The highest BCUT2D eigenvalue weighted by molar-refractivity contribution is 9.10. The fourth-order valence-corrected chi connectivity index (χ4v) is 1.34. The summed E-state index contributed by atoms with van der Waals surface area (Å²) in [6.07, 6.45) is -1.55. The van der Waals surface area contributed by atoms with Crippen LogP contribution in [0.4, 0.5) is 4.39 Å². The minimum absolute atomic E-state index is 0.0233. The lowest BCUT2D eigenvalue weighted by molar-refractivity contribution is 0.0221. The van der Waals surface area contributed by atoms with Crippen molar-refractivity contribution in [2.45, 2.75) is 12.2 Å². The van der Waals surface area contributed by atoms with Gasteiger partial charge in [0.1, 0.15) is 16.5 Å². The van der Waals surface area contributed by atoms with E-state index in [1.54, 1.807) is 0 Å². The van der Waals surface area contributed by atoms with Gasteiger partial charge < -0.3 is 15.9 Å². The van der Waals surface area contributed by atoms with Crippen LogP contribution in [0.1, 0.15) is 11.7 Å². The summed E-state index contributed by atoms with van der Waals surface area (Å²) in [4.78, 5) is 3.62. The number of aromatic nitrogens is 1. The van der Waals surface area contributed by atoms with Gasteiger partial charge in [-0.3, -0.25) is 0 Å². The summed E-state index contributed by atoms with van der Waals surface area (Å²) in [6.45, 7) is -0.138. The Morgan fingerprint density at radius 1 is 1.57 bits per heavy atom. The molecule has 1 aromatic rings. The SMILES string of the molecule is NCC(O)C(O)c1cc(Br)ncc1F. The third-order valence-electron chi connectivity index (χ3n) is 1.78. The zero-order chi connectivity index (χ0) is 10.7. The van der Waals surface area contributed by atoms with Crippen LogP contribution in [0.25, 0.3) is 0 Å². The van der Waals surface area contributed by atoms with Crippen molar-refractivity contribution in [1.82, 2.24) is 4.98 Å². The highest BCUT2D eigenvalue weighted by Crippen LogP contribution is 2.21. The molecular formula is C8H10BrFN2O2. The Kier molecular flexibility index (Phi) is 3.94. The van der Waals surface area contributed by atoms with Gasteiger partial charge in [0.2, 0.25) is 0 Å². The molecule has 0 radical (unpaired) electrons. The number of nitrogens with zero attached hydrogens (tertiary/aromatic N) is 1. The van der Waals surface area contributed by atoms with E-state index in [0.29, 0.717) is 4.60 Å². The Bertz CT molecular complexity index is 324. The van der Waals surface area contributed by atoms with Crippen LogP contribution in [0.3, 0.4) is 0 Å². The van der Waals surface area contributed by atoms with E-state index >= 15 is 0 Å². The maximum Gasteiger partial charge on any atom is 0.147 e. The topological polar surface area (TPSA) is 79.4 Å². The first-order valence-electron chi connectivity index (χ1n) is 3.93. The summed E-state index contributed by atoms with van der Waals surface area (Å²) in [5.74, 6) is -0.673. The van der Waals surface area contributed by atoms with Crippen molar-refractivity contribution in [3.63, 3.8) is 0 Å². The molecule has 1 rings (SSSR count). The molecule has 1 aromatic heterocycles. The van der Waals surface area contributed by atoms with Crippen LogP contribution in [-0.4, -0.2) is 27.8 Å². The Balaban J connectivity index is 2.99. The summed E-state index contributed by atoms with van der Waals surface area (Å²) in [7, 11) is 0. The molecule has 2 atom stereocenters. The lowest BCUT2D eigenvalue weighted by Gasteiger charge is -2.16. The highest BCUT2D eigenvalue weighted by atomic mass is 79.9. The molecule has 0 aromatic carbocycles. The Labute approximate surface area is 88.7 Å². The normalized spacial score (nSPS) is 15.2. The zero-order valence-corrected chi connectivity index (χ0v) is 8.78. The van der Waals surface area contributed by atoms with Crippen molar-refractivity contribution in [2.24, 2.45) is 5.73 Å². The lowest BCUT2D eigenvalue weighted by Crippen LogP contribution is -2.27. The molecule has 78 valence electrons. The van der Waals surface area contributed by atoms with Crippen LogP contribution >= 0.6 is 15.9 Å². The lowest BCUT2D eigenvalue weighted by atomic mass is 10.1. The van der Waals surface area contributed by atoms with Crippen molar-refractivity contribution in [1.29, 1.82) is 0 Å². The van der Waals surface area contributed by atoms with E-state index in [1.165, 1.54) is 6.07 Å². The summed E-state index contributed by atoms with van der Waals surface area (Å²) in [5.41, 5.74) is 5.12. The second kappa shape index (κ2) is 4.79. The predicted molar refractivity (Wildman–Crippen MR) is 51.9 cm³/mol. The second-order valence-electron chi connectivity index (χ2n) is 2.78. The van der Waals surface area contributed by atoms with Crippen molar-refractivity contribution in [3.8, 4) is 0 Å². The molecule has 0 amide bonds. The van der Waals surface area contributed by atoms with E-state index in [0.717, 1.165) is 6.20 Å². The van der Waals surface area contributed by atoms with E-state index in [1.807, 2.05) is 0 Å². The first-order valence-corrected chi connectivity index (χ1v) is 4.72. The molecule has 14 heavy (non-hydrogen) atoms. The summed E-state index contributed by atoms with van der Waals surface area (Å²) in [6, 6.07) is 1.30. The molecule has 1 heterocycles. The monoisotopic (exact) mass is 264 g/mol. The van der Waals surface area contributed by atoms with Gasteiger partial charge in [-0.15, -0.1) is 0 Å². The minimum atomic E-state index is -1.33. The Morgan fingerprint density at radius 2 is 2.21 bits per heavy atom. The molecule has 0 aliphatic rings. The number of nitrogens with two attached hydrogens (primary N) is 1. The third kappa shape index (κ3) is 2.48. The van der Waals surface area contributed by atoms with Crippen molar-refractivity contribution in [3.05, 3.63) is 28.2 Å². The summed E-state index contributed by atoms with van der Waals surface area (Å²) in [5, 5.41) is 18.7. The van der Waals surface area contributed by atoms with Gasteiger partial charge in [0.05, 0.1) is 12.3 Å². The molecule has 4 N–H and O–H groups in total. The van der Waals surface area contributed by atoms with Crippen LogP contribution in [0.15, 0.2) is 16.9 Å². The number of pyridine rings is 1. The van der Waals surface area contributed by atoms with Gasteiger partial charge in [-0.25, -0.2) is 9.37 Å². The first-order chi connectivity index (χ1) is 6.56. The fraction of sp³-hybridized carbons (Fsp3) is 0.375. The quantitative estimate of drug-likeness (QED) is 0.688. The van der Waals surface area contributed by atoms with Crippen LogP contribution in [0, 0.1) is 5.82 Å². The molecule has 2 unspecified atom stereocenters. The van der Waals surface area contributed by atoms with Gasteiger partial charge in [-0.1, -0.05) is 0 Å². The molecule has 0 saturated heterocycles. The summed E-state index contributed by atoms with van der Waals surface area (Å²) < 4.78 is 13.5. The second-order valence-corrected chi connectivity index (χ2v) is 3.59. The van der Waals surface area contributed by atoms with Gasteiger partial charge in [0, 0.05) is 12.1 Å². The maximum atomic E-state index is 13.1. The number of aliphatic hydroxyl groups is 2. The standard InChI is InChI=1S/C8H10BrFN2O2/c9-7-1-4(5(10)3-12-7)8(14)6(13)2-11/h1,3,6,8,13-14H,2,11H2. The van der Waals surface area contributed by atoms with Crippen LogP contribution in [0.2, 0.25) is 0 Å². The number of rotatable bonds is 3. The van der Waals surface area contributed by atoms with Crippen molar-refractivity contribution >= 4 is 15.9 Å². The van der Waals surface area contributed by atoms with Gasteiger partial charge in [-0.05, 0) is 22.0 Å². The van der Waals surface area contributed by atoms with E-state index < -0.39 is 18.0 Å². The van der Waals surface area contributed by atoms with Gasteiger partial charge in [0.25, 0.3) is 0 Å². The Morgan fingerprint density at radius 3 is 2.79 bits per heavy atom. The molecule has 0 saturated carbocycles. The zero-order valence-electron chi connectivity index (χ0n) is 7.19. The molecule has 0 spiro atoms. The molecule has 0 fully saturated rings. The van der Waals surface area contributed by atoms with Crippen molar-refractivity contribution < 1.29 is 14.6 Å². The van der Waals surface area contributed by atoms with E-state index in [4.69, 9.17) is 5.73 Å². The average molecular weight is 265 g/mol. The smallest absolute Gasteiger partial charge is 0.147 e. The van der Waals surface area contributed by atoms with Gasteiger partial charge >= 0.3 is 0 Å². The molecule has 0 aliphatic heterocycles. The number of halogens is 2. The molecule has 6 heteroatoms. The predicted octanol–water partition coefficient (Wildman–Crippen LogP) is 0.336. The largest absolute Gasteiger partial charge is 0.389 e. The first kappa shape index (κ1) is 11.5. The number of hydrogen-bond donors (Lipinski definition) is 3. The molecule has 0 aliphatic carbocycles. The van der Waals surface area contributed by atoms with E-state index in [-0.39, 0.29) is 12.1 Å². The van der Waals surface area contributed by atoms with Crippen LogP contribution in [-0.2, 0) is 0 Å². The number of hydrogen-bond acceptors (Lipinski definition) is 4.